The van der Waals surface area contributed by atoms with E-state index in [0.29, 0.717) is 5.69 Å². The molecule has 3 rings (SSSR count). The van der Waals surface area contributed by atoms with Crippen LogP contribution in [0.5, 0.6) is 0 Å². The molecule has 1 aliphatic rings. The summed E-state index contributed by atoms with van der Waals surface area (Å²) < 4.78 is 7.45. The van der Waals surface area contributed by atoms with E-state index in [4.69, 9.17) is 4.74 Å². The summed E-state index contributed by atoms with van der Waals surface area (Å²) in [7, 11) is 0. The van der Waals surface area contributed by atoms with Crippen molar-refractivity contribution in [3.63, 3.8) is 0 Å². The highest BCUT2D eigenvalue weighted by molar-refractivity contribution is 5.93. The van der Waals surface area contributed by atoms with Gasteiger partial charge in [-0.3, -0.25) is 4.79 Å². The van der Waals surface area contributed by atoms with E-state index in [0.717, 1.165) is 30.7 Å². The molecule has 0 bridgehead atoms. The van der Waals surface area contributed by atoms with Crippen molar-refractivity contribution in [2.45, 2.75) is 38.8 Å². The minimum Gasteiger partial charge on any atom is -0.376 e. The minimum atomic E-state index is -0.144. The van der Waals surface area contributed by atoms with Gasteiger partial charge in [0, 0.05) is 19.0 Å². The van der Waals surface area contributed by atoms with Gasteiger partial charge in [0.1, 0.15) is 11.3 Å². The van der Waals surface area contributed by atoms with E-state index in [9.17, 15) is 4.79 Å². The van der Waals surface area contributed by atoms with Crippen LogP contribution in [0.2, 0.25) is 0 Å². The SMILES string of the molecule is Cc1ccn2cc(C(=O)N[C@@H](C)[C@@H]3CCCO3)nc2c1. The summed E-state index contributed by atoms with van der Waals surface area (Å²) in [5, 5.41) is 2.97. The molecule has 0 radical (unpaired) electrons. The number of rotatable bonds is 3. The van der Waals surface area contributed by atoms with Crippen LogP contribution in [-0.4, -0.2) is 34.0 Å². The molecule has 3 heterocycles. The second-order valence-corrected chi connectivity index (χ2v) is 5.41. The van der Waals surface area contributed by atoms with E-state index < -0.39 is 0 Å². The van der Waals surface area contributed by atoms with Crippen molar-refractivity contribution in [1.29, 1.82) is 0 Å². The Morgan fingerprint density at radius 1 is 1.60 bits per heavy atom. The van der Waals surface area contributed by atoms with Crippen LogP contribution in [0.3, 0.4) is 0 Å². The van der Waals surface area contributed by atoms with Crippen LogP contribution in [0.25, 0.3) is 5.65 Å². The average molecular weight is 273 g/mol. The molecule has 1 fully saturated rings. The predicted octanol–water partition coefficient (Wildman–Crippen LogP) is 1.94. The topological polar surface area (TPSA) is 55.6 Å². The largest absolute Gasteiger partial charge is 0.376 e. The standard InChI is InChI=1S/C15H19N3O2/c1-10-5-6-18-9-12(17-14(18)8-10)15(19)16-11(2)13-4-3-7-20-13/h5-6,8-9,11,13H,3-4,7H2,1-2H3,(H,16,19)/t11-,13-/m0/s1. The van der Waals surface area contributed by atoms with E-state index in [1.807, 2.05) is 36.6 Å². The first-order valence-electron chi connectivity index (χ1n) is 7.01. The third kappa shape index (κ3) is 2.54. The Labute approximate surface area is 118 Å². The number of aromatic nitrogens is 2. The molecular formula is C15H19N3O2. The smallest absolute Gasteiger partial charge is 0.271 e. The minimum absolute atomic E-state index is 0.0107. The third-order valence-electron chi connectivity index (χ3n) is 3.73. The highest BCUT2D eigenvalue weighted by atomic mass is 16.5. The fourth-order valence-electron chi connectivity index (χ4n) is 2.56. The Balaban J connectivity index is 1.74. The van der Waals surface area contributed by atoms with Gasteiger partial charge in [0.2, 0.25) is 0 Å². The highest BCUT2D eigenvalue weighted by Crippen LogP contribution is 2.16. The molecule has 1 aliphatic heterocycles. The van der Waals surface area contributed by atoms with Crippen LogP contribution in [0.4, 0.5) is 0 Å². The Hall–Kier alpha value is -1.88. The number of carbonyl (C=O) groups is 1. The first-order valence-corrected chi connectivity index (χ1v) is 7.01. The first kappa shape index (κ1) is 13.1. The first-order chi connectivity index (χ1) is 9.63. The average Bonchev–Trinajstić information content (AvgIpc) is 3.07. The number of fused-ring (bicyclic) bond motifs is 1. The van der Waals surface area contributed by atoms with Crippen LogP contribution in [0.1, 0.15) is 35.8 Å². The Kier molecular flexibility index (Phi) is 3.44. The fraction of sp³-hybridized carbons (Fsp3) is 0.467. The normalized spacial score (nSPS) is 20.2. The Morgan fingerprint density at radius 2 is 2.45 bits per heavy atom. The second-order valence-electron chi connectivity index (χ2n) is 5.41. The molecule has 0 aliphatic carbocycles. The molecule has 0 spiro atoms. The maximum absolute atomic E-state index is 12.2. The number of pyridine rings is 1. The molecule has 2 aromatic heterocycles. The molecule has 2 aromatic rings. The molecule has 5 heteroatoms. The van der Waals surface area contributed by atoms with Crippen LogP contribution < -0.4 is 5.32 Å². The van der Waals surface area contributed by atoms with E-state index in [1.54, 1.807) is 6.20 Å². The quantitative estimate of drug-likeness (QED) is 0.929. The maximum Gasteiger partial charge on any atom is 0.271 e. The molecule has 20 heavy (non-hydrogen) atoms. The predicted molar refractivity (Wildman–Crippen MR) is 75.8 cm³/mol. The zero-order valence-electron chi connectivity index (χ0n) is 11.8. The van der Waals surface area contributed by atoms with Gasteiger partial charge in [-0.1, -0.05) is 0 Å². The summed E-state index contributed by atoms with van der Waals surface area (Å²) in [4.78, 5) is 16.6. The van der Waals surface area contributed by atoms with Crippen molar-refractivity contribution in [1.82, 2.24) is 14.7 Å². The summed E-state index contributed by atoms with van der Waals surface area (Å²) in [6.07, 6.45) is 5.87. The van der Waals surface area contributed by atoms with Gasteiger partial charge in [-0.05, 0) is 44.4 Å². The van der Waals surface area contributed by atoms with Crippen molar-refractivity contribution in [3.8, 4) is 0 Å². The number of nitrogens with zero attached hydrogens (tertiary/aromatic N) is 2. The Morgan fingerprint density at radius 3 is 3.20 bits per heavy atom. The van der Waals surface area contributed by atoms with Crippen LogP contribution in [0.15, 0.2) is 24.5 Å². The molecule has 0 unspecified atom stereocenters. The molecule has 1 saturated heterocycles. The molecule has 2 atom stereocenters. The number of hydrogen-bond acceptors (Lipinski definition) is 3. The van der Waals surface area contributed by atoms with Crippen molar-refractivity contribution >= 4 is 11.6 Å². The van der Waals surface area contributed by atoms with Gasteiger partial charge in [0.05, 0.1) is 12.1 Å². The lowest BCUT2D eigenvalue weighted by Gasteiger charge is -2.19. The molecule has 0 saturated carbocycles. The zero-order chi connectivity index (χ0) is 14.1. The van der Waals surface area contributed by atoms with Gasteiger partial charge in [-0.2, -0.15) is 0 Å². The molecule has 106 valence electrons. The van der Waals surface area contributed by atoms with E-state index in [2.05, 4.69) is 10.3 Å². The summed E-state index contributed by atoms with van der Waals surface area (Å²) in [5.74, 6) is -0.144. The summed E-state index contributed by atoms with van der Waals surface area (Å²) >= 11 is 0. The fourth-order valence-corrected chi connectivity index (χ4v) is 2.56. The molecule has 1 N–H and O–H groups in total. The van der Waals surface area contributed by atoms with Crippen molar-refractivity contribution < 1.29 is 9.53 Å². The van der Waals surface area contributed by atoms with Crippen LogP contribution in [0, 0.1) is 6.92 Å². The lowest BCUT2D eigenvalue weighted by Crippen LogP contribution is -2.40. The van der Waals surface area contributed by atoms with Crippen molar-refractivity contribution in [3.05, 3.63) is 35.8 Å². The van der Waals surface area contributed by atoms with Gasteiger partial charge in [-0.15, -0.1) is 0 Å². The summed E-state index contributed by atoms with van der Waals surface area (Å²) in [6, 6.07) is 3.96. The number of aryl methyl sites for hydroxylation is 1. The molecule has 0 aromatic carbocycles. The number of hydrogen-bond donors (Lipinski definition) is 1. The maximum atomic E-state index is 12.2. The third-order valence-corrected chi connectivity index (χ3v) is 3.73. The van der Waals surface area contributed by atoms with Gasteiger partial charge in [-0.25, -0.2) is 4.98 Å². The van der Waals surface area contributed by atoms with Gasteiger partial charge >= 0.3 is 0 Å². The van der Waals surface area contributed by atoms with Crippen LogP contribution in [-0.2, 0) is 4.74 Å². The van der Waals surface area contributed by atoms with E-state index in [1.165, 1.54) is 0 Å². The summed E-state index contributed by atoms with van der Waals surface area (Å²) in [6.45, 7) is 4.78. The number of nitrogens with one attached hydrogen (secondary N) is 1. The van der Waals surface area contributed by atoms with Crippen molar-refractivity contribution in [2.75, 3.05) is 6.61 Å². The Bertz CT molecular complexity index is 629. The number of carbonyl (C=O) groups excluding carboxylic acids is 1. The number of amides is 1. The number of imidazole rings is 1. The zero-order valence-corrected chi connectivity index (χ0v) is 11.8. The van der Waals surface area contributed by atoms with Gasteiger partial charge in [0.25, 0.3) is 5.91 Å². The van der Waals surface area contributed by atoms with Crippen LogP contribution >= 0.6 is 0 Å². The molecule has 5 nitrogen and oxygen atoms in total. The highest BCUT2D eigenvalue weighted by Gasteiger charge is 2.24. The van der Waals surface area contributed by atoms with Gasteiger partial charge in [0.15, 0.2) is 0 Å². The molecule has 1 amide bonds. The monoisotopic (exact) mass is 273 g/mol. The lowest BCUT2D eigenvalue weighted by molar-refractivity contribution is 0.0710. The lowest BCUT2D eigenvalue weighted by atomic mass is 10.1. The summed E-state index contributed by atoms with van der Waals surface area (Å²) in [5.41, 5.74) is 2.36. The van der Waals surface area contributed by atoms with Crippen molar-refractivity contribution in [2.24, 2.45) is 0 Å². The van der Waals surface area contributed by atoms with E-state index in [-0.39, 0.29) is 18.1 Å². The van der Waals surface area contributed by atoms with Gasteiger partial charge < -0.3 is 14.5 Å². The second kappa shape index (κ2) is 5.25. The number of ether oxygens (including phenoxy) is 1. The van der Waals surface area contributed by atoms with E-state index >= 15 is 0 Å². The molecular weight excluding hydrogens is 254 g/mol.